The number of morpholine rings is 1. The van der Waals surface area contributed by atoms with Crippen LogP contribution in [0.3, 0.4) is 0 Å². The zero-order valence-corrected chi connectivity index (χ0v) is 10.9. The Balaban J connectivity index is 2.11. The van der Waals surface area contributed by atoms with E-state index in [0.717, 1.165) is 36.1 Å². The molecule has 0 amide bonds. The topological polar surface area (TPSA) is 39.7 Å². The molecule has 4 nitrogen and oxygen atoms in total. The Hall–Kier alpha value is -0.910. The number of rotatable bonds is 4. The number of benzene rings is 1. The Kier molecular flexibility index (Phi) is 4.53. The van der Waals surface area contributed by atoms with Crippen molar-refractivity contribution in [2.45, 2.75) is 10.3 Å². The summed E-state index contributed by atoms with van der Waals surface area (Å²) in [5.41, 5.74) is 0.129. The largest absolute Gasteiger partial charge is 0.497 e. The van der Waals surface area contributed by atoms with Gasteiger partial charge in [-0.25, -0.2) is 0 Å². The molecule has 0 spiro atoms. The van der Waals surface area contributed by atoms with Crippen LogP contribution in [-0.2, 0) is 4.74 Å². The van der Waals surface area contributed by atoms with E-state index < -0.39 is 0 Å². The molecule has 0 aromatic heterocycles. The molecule has 0 bridgehead atoms. The van der Waals surface area contributed by atoms with Gasteiger partial charge in [-0.3, -0.25) is 0 Å². The highest BCUT2D eigenvalue weighted by Crippen LogP contribution is 2.35. The smallest absolute Gasteiger partial charge is 0.132 e. The first-order chi connectivity index (χ1) is 8.33. The second kappa shape index (κ2) is 6.14. The molecule has 17 heavy (non-hydrogen) atoms. The number of hydrogen-bond acceptors (Lipinski definition) is 5. The first kappa shape index (κ1) is 12.5. The van der Waals surface area contributed by atoms with Crippen molar-refractivity contribution >= 4 is 11.8 Å². The number of ether oxygens (including phenoxy) is 3. The van der Waals surface area contributed by atoms with E-state index in [9.17, 15) is 0 Å². The number of nitrogens with one attached hydrogen (secondary N) is 1. The van der Waals surface area contributed by atoms with Gasteiger partial charge in [0.25, 0.3) is 0 Å². The van der Waals surface area contributed by atoms with Crippen LogP contribution in [0.15, 0.2) is 23.1 Å². The summed E-state index contributed by atoms with van der Waals surface area (Å²) >= 11 is 1.66. The summed E-state index contributed by atoms with van der Waals surface area (Å²) in [6.45, 7) is 2.53. The van der Waals surface area contributed by atoms with Crippen molar-refractivity contribution in [3.63, 3.8) is 0 Å². The first-order valence-corrected chi connectivity index (χ1v) is 6.42. The van der Waals surface area contributed by atoms with Crippen LogP contribution in [0, 0.1) is 0 Å². The van der Waals surface area contributed by atoms with E-state index in [1.807, 2.05) is 18.2 Å². The molecule has 1 aliphatic rings. The summed E-state index contributed by atoms with van der Waals surface area (Å²) < 4.78 is 16.2. The monoisotopic (exact) mass is 255 g/mol. The van der Waals surface area contributed by atoms with Crippen LogP contribution < -0.4 is 14.8 Å². The van der Waals surface area contributed by atoms with E-state index >= 15 is 0 Å². The molecule has 1 saturated heterocycles. The summed E-state index contributed by atoms with van der Waals surface area (Å²) in [5.74, 6) is 1.68. The molecule has 2 rings (SSSR count). The molecule has 1 N–H and O–H groups in total. The lowest BCUT2D eigenvalue weighted by Crippen LogP contribution is -2.36. The quantitative estimate of drug-likeness (QED) is 0.887. The van der Waals surface area contributed by atoms with Crippen molar-refractivity contribution in [1.82, 2.24) is 5.32 Å². The van der Waals surface area contributed by atoms with Gasteiger partial charge in [0.05, 0.1) is 25.7 Å². The molecule has 1 fully saturated rings. The maximum atomic E-state index is 5.66. The van der Waals surface area contributed by atoms with Crippen LogP contribution in [0.2, 0.25) is 0 Å². The van der Waals surface area contributed by atoms with Crippen LogP contribution in [0.4, 0.5) is 0 Å². The fraction of sp³-hybridized carbons (Fsp3) is 0.500. The SMILES string of the molecule is COc1ccc(OC)c(SC2CNCCO2)c1. The van der Waals surface area contributed by atoms with E-state index in [1.54, 1.807) is 26.0 Å². The predicted octanol–water partition coefficient (Wildman–Crippen LogP) is 1.74. The number of hydrogen-bond donors (Lipinski definition) is 1. The molecular formula is C12H17NO3S. The summed E-state index contributed by atoms with van der Waals surface area (Å²) in [6, 6.07) is 5.78. The van der Waals surface area contributed by atoms with Crippen molar-refractivity contribution in [3.8, 4) is 11.5 Å². The van der Waals surface area contributed by atoms with Gasteiger partial charge in [0.2, 0.25) is 0 Å². The van der Waals surface area contributed by atoms with Gasteiger partial charge in [-0.2, -0.15) is 0 Å². The molecule has 94 valence electrons. The van der Waals surface area contributed by atoms with Crippen LogP contribution in [0.5, 0.6) is 11.5 Å². The number of methoxy groups -OCH3 is 2. The van der Waals surface area contributed by atoms with E-state index in [0.29, 0.717) is 0 Å². The molecular weight excluding hydrogens is 238 g/mol. The van der Waals surface area contributed by atoms with E-state index in [1.165, 1.54) is 0 Å². The molecule has 1 unspecified atom stereocenters. The molecule has 1 heterocycles. The third-order valence-corrected chi connectivity index (χ3v) is 3.66. The third kappa shape index (κ3) is 3.28. The highest BCUT2D eigenvalue weighted by molar-refractivity contribution is 8.00. The molecule has 1 aromatic carbocycles. The van der Waals surface area contributed by atoms with E-state index in [4.69, 9.17) is 14.2 Å². The Morgan fingerprint density at radius 3 is 2.88 bits per heavy atom. The lowest BCUT2D eigenvalue weighted by molar-refractivity contribution is 0.0852. The van der Waals surface area contributed by atoms with E-state index in [2.05, 4.69) is 5.32 Å². The Morgan fingerprint density at radius 1 is 1.35 bits per heavy atom. The molecule has 0 aliphatic carbocycles. The summed E-state index contributed by atoms with van der Waals surface area (Å²) in [7, 11) is 3.33. The highest BCUT2D eigenvalue weighted by atomic mass is 32.2. The van der Waals surface area contributed by atoms with Crippen molar-refractivity contribution in [2.24, 2.45) is 0 Å². The lowest BCUT2D eigenvalue weighted by atomic mass is 10.3. The summed E-state index contributed by atoms with van der Waals surface area (Å²) in [4.78, 5) is 1.04. The first-order valence-electron chi connectivity index (χ1n) is 5.54. The lowest BCUT2D eigenvalue weighted by Gasteiger charge is -2.23. The van der Waals surface area contributed by atoms with Crippen molar-refractivity contribution < 1.29 is 14.2 Å². The van der Waals surface area contributed by atoms with Gasteiger partial charge in [0, 0.05) is 13.1 Å². The highest BCUT2D eigenvalue weighted by Gasteiger charge is 2.17. The van der Waals surface area contributed by atoms with Crippen LogP contribution in [-0.4, -0.2) is 39.4 Å². The summed E-state index contributed by atoms with van der Waals surface area (Å²) in [5, 5.41) is 3.30. The second-order valence-corrected chi connectivity index (χ2v) is 4.84. The average molecular weight is 255 g/mol. The Bertz CT molecular complexity index is 367. The van der Waals surface area contributed by atoms with Gasteiger partial charge in [-0.1, -0.05) is 11.8 Å². The van der Waals surface area contributed by atoms with Gasteiger partial charge in [0.15, 0.2) is 0 Å². The second-order valence-electron chi connectivity index (χ2n) is 3.64. The van der Waals surface area contributed by atoms with Crippen molar-refractivity contribution in [3.05, 3.63) is 18.2 Å². The Morgan fingerprint density at radius 2 is 2.24 bits per heavy atom. The number of thioether (sulfide) groups is 1. The van der Waals surface area contributed by atoms with Crippen LogP contribution in [0.25, 0.3) is 0 Å². The van der Waals surface area contributed by atoms with Gasteiger partial charge < -0.3 is 19.5 Å². The third-order valence-electron chi connectivity index (χ3n) is 2.52. The standard InChI is InChI=1S/C12H17NO3S/c1-14-9-3-4-10(15-2)11(7-9)17-12-8-13-5-6-16-12/h3-4,7,12-13H,5-6,8H2,1-2H3. The minimum absolute atomic E-state index is 0.129. The van der Waals surface area contributed by atoms with Crippen LogP contribution in [0.1, 0.15) is 0 Å². The maximum absolute atomic E-state index is 5.66. The van der Waals surface area contributed by atoms with Gasteiger partial charge in [-0.05, 0) is 18.2 Å². The molecule has 1 aromatic rings. The van der Waals surface area contributed by atoms with Gasteiger partial charge in [0.1, 0.15) is 16.9 Å². The molecule has 1 atom stereocenters. The molecule has 1 aliphatic heterocycles. The minimum atomic E-state index is 0.129. The zero-order valence-electron chi connectivity index (χ0n) is 10.1. The Labute approximate surface area is 106 Å². The average Bonchev–Trinajstić information content (AvgIpc) is 2.40. The molecule has 5 heteroatoms. The normalized spacial score (nSPS) is 20.0. The van der Waals surface area contributed by atoms with E-state index in [-0.39, 0.29) is 5.44 Å². The fourth-order valence-corrected chi connectivity index (χ4v) is 2.74. The fourth-order valence-electron chi connectivity index (χ4n) is 1.63. The molecule has 0 saturated carbocycles. The maximum Gasteiger partial charge on any atom is 0.132 e. The summed E-state index contributed by atoms with van der Waals surface area (Å²) in [6.07, 6.45) is 0. The van der Waals surface area contributed by atoms with Crippen LogP contribution >= 0.6 is 11.8 Å². The zero-order chi connectivity index (χ0) is 12.1. The van der Waals surface area contributed by atoms with Crippen molar-refractivity contribution in [2.75, 3.05) is 33.9 Å². The predicted molar refractivity (Wildman–Crippen MR) is 68.0 cm³/mol. The van der Waals surface area contributed by atoms with Gasteiger partial charge in [-0.15, -0.1) is 0 Å². The minimum Gasteiger partial charge on any atom is -0.497 e. The van der Waals surface area contributed by atoms with Crippen molar-refractivity contribution in [1.29, 1.82) is 0 Å². The van der Waals surface area contributed by atoms with Gasteiger partial charge >= 0.3 is 0 Å². The molecule has 0 radical (unpaired) electrons.